The van der Waals surface area contributed by atoms with Gasteiger partial charge in [0.15, 0.2) is 5.96 Å². The number of benzene rings is 1. The Kier molecular flexibility index (Phi) is 5.38. The number of carbonyl (C=O) groups excluding carboxylic acids is 1. The van der Waals surface area contributed by atoms with Crippen molar-refractivity contribution < 1.29 is 4.79 Å². The largest absolute Gasteiger partial charge is 0.370 e. The molecule has 0 saturated carbocycles. The molecule has 1 aromatic carbocycles. The lowest BCUT2D eigenvalue weighted by molar-refractivity contribution is -0.130. The quantitative estimate of drug-likeness (QED) is 0.653. The highest BCUT2D eigenvalue weighted by molar-refractivity contribution is 7.10. The van der Waals surface area contributed by atoms with E-state index in [2.05, 4.69) is 47.7 Å². The summed E-state index contributed by atoms with van der Waals surface area (Å²) in [5, 5.41) is 5.15. The Balaban J connectivity index is 1.56. The van der Waals surface area contributed by atoms with Crippen molar-refractivity contribution in [2.45, 2.75) is 32.7 Å². The van der Waals surface area contributed by atoms with E-state index in [-0.39, 0.29) is 18.4 Å². The van der Waals surface area contributed by atoms with Gasteiger partial charge in [-0.1, -0.05) is 26.0 Å². The molecule has 0 radical (unpaired) electrons. The molecule has 132 valence electrons. The van der Waals surface area contributed by atoms with E-state index in [0.717, 1.165) is 18.7 Å². The Hall–Kier alpha value is -2.34. The number of aliphatic imine (C=N–C) groups is 1. The zero-order chi connectivity index (χ0) is 17.8. The number of fused-ring (bicyclic) bond motifs is 1. The average molecular weight is 356 g/mol. The summed E-state index contributed by atoms with van der Waals surface area (Å²) < 4.78 is 0. The molecule has 0 bridgehead atoms. The minimum Gasteiger partial charge on any atom is -0.370 e. The second-order valence-corrected chi connectivity index (χ2v) is 7.54. The highest BCUT2D eigenvalue weighted by Gasteiger charge is 2.20. The lowest BCUT2D eigenvalue weighted by Crippen LogP contribution is -2.37. The van der Waals surface area contributed by atoms with E-state index < -0.39 is 0 Å². The molecule has 25 heavy (non-hydrogen) atoms. The number of amides is 1. The van der Waals surface area contributed by atoms with E-state index in [9.17, 15) is 4.79 Å². The Morgan fingerprint density at radius 2 is 2.24 bits per heavy atom. The van der Waals surface area contributed by atoms with Crippen LogP contribution in [0.25, 0.3) is 0 Å². The lowest BCUT2D eigenvalue weighted by Gasteiger charge is -2.26. The van der Waals surface area contributed by atoms with E-state index in [1.165, 1.54) is 16.0 Å². The Labute approximate surface area is 152 Å². The van der Waals surface area contributed by atoms with Crippen LogP contribution < -0.4 is 11.1 Å². The number of anilines is 1. The van der Waals surface area contributed by atoms with E-state index in [1.807, 2.05) is 17.0 Å². The first kappa shape index (κ1) is 17.5. The van der Waals surface area contributed by atoms with Gasteiger partial charge >= 0.3 is 0 Å². The molecule has 3 N–H and O–H groups in total. The standard InChI is InChI=1S/C19H24N4OS/c1-13(2)14-4-3-5-16(10-14)22-19(20)21-11-18(24)23-8-6-17-15(12-23)7-9-25-17/h3-5,7,9-10,13H,6,8,11-12H2,1-2H3,(H3,20,21,22). The molecule has 2 aromatic rings. The fourth-order valence-electron chi connectivity index (χ4n) is 2.88. The number of hydrogen-bond acceptors (Lipinski definition) is 3. The molecule has 0 spiro atoms. The zero-order valence-electron chi connectivity index (χ0n) is 14.7. The number of nitrogens with two attached hydrogens (primary N) is 1. The van der Waals surface area contributed by atoms with Gasteiger partial charge in [-0.3, -0.25) is 4.79 Å². The zero-order valence-corrected chi connectivity index (χ0v) is 15.5. The van der Waals surface area contributed by atoms with Crippen LogP contribution in [0.5, 0.6) is 0 Å². The van der Waals surface area contributed by atoms with Gasteiger partial charge in [-0.05, 0) is 47.0 Å². The number of rotatable bonds is 4. The van der Waals surface area contributed by atoms with Crippen molar-refractivity contribution in [3.8, 4) is 0 Å². The van der Waals surface area contributed by atoms with Crippen LogP contribution >= 0.6 is 11.3 Å². The van der Waals surface area contributed by atoms with Gasteiger partial charge < -0.3 is 16.0 Å². The number of guanidine groups is 1. The van der Waals surface area contributed by atoms with Crippen LogP contribution in [0.4, 0.5) is 5.69 Å². The summed E-state index contributed by atoms with van der Waals surface area (Å²) in [7, 11) is 0. The first-order valence-corrected chi connectivity index (χ1v) is 9.41. The van der Waals surface area contributed by atoms with Crippen molar-refractivity contribution in [3.05, 3.63) is 51.7 Å². The second-order valence-electron chi connectivity index (χ2n) is 6.54. The van der Waals surface area contributed by atoms with Gasteiger partial charge in [0.2, 0.25) is 5.91 Å². The third-order valence-electron chi connectivity index (χ3n) is 4.37. The van der Waals surface area contributed by atoms with Crippen LogP contribution in [0.2, 0.25) is 0 Å². The normalized spacial score (nSPS) is 14.5. The first-order valence-electron chi connectivity index (χ1n) is 8.53. The fourth-order valence-corrected chi connectivity index (χ4v) is 3.77. The number of nitrogens with one attached hydrogen (secondary N) is 1. The molecule has 0 aliphatic carbocycles. The molecule has 2 heterocycles. The molecule has 1 aliphatic rings. The van der Waals surface area contributed by atoms with Gasteiger partial charge in [0.1, 0.15) is 6.54 Å². The number of thiophene rings is 1. The van der Waals surface area contributed by atoms with Crippen molar-refractivity contribution in [2.75, 3.05) is 18.4 Å². The smallest absolute Gasteiger partial charge is 0.244 e. The van der Waals surface area contributed by atoms with Gasteiger partial charge in [0.25, 0.3) is 0 Å². The van der Waals surface area contributed by atoms with Crippen molar-refractivity contribution >= 4 is 28.9 Å². The average Bonchev–Trinajstić information content (AvgIpc) is 3.07. The van der Waals surface area contributed by atoms with Crippen LogP contribution in [0.1, 0.15) is 35.8 Å². The lowest BCUT2D eigenvalue weighted by atomic mass is 10.0. The summed E-state index contributed by atoms with van der Waals surface area (Å²) in [6, 6.07) is 10.2. The van der Waals surface area contributed by atoms with Gasteiger partial charge in [-0.25, -0.2) is 4.99 Å². The molecule has 0 saturated heterocycles. The third kappa shape index (κ3) is 4.39. The minimum absolute atomic E-state index is 0.0116. The molecule has 6 heteroatoms. The second kappa shape index (κ2) is 7.70. The van der Waals surface area contributed by atoms with Crippen molar-refractivity contribution in [1.29, 1.82) is 0 Å². The molecule has 3 rings (SSSR count). The predicted molar refractivity (Wildman–Crippen MR) is 104 cm³/mol. The monoisotopic (exact) mass is 356 g/mol. The maximum Gasteiger partial charge on any atom is 0.244 e. The molecule has 1 amide bonds. The molecule has 0 atom stereocenters. The van der Waals surface area contributed by atoms with E-state index in [1.54, 1.807) is 11.3 Å². The first-order chi connectivity index (χ1) is 12.0. The SMILES string of the molecule is CC(C)c1cccc(NC(N)=NCC(=O)N2CCc3sccc3C2)c1. The van der Waals surface area contributed by atoms with E-state index in [4.69, 9.17) is 5.73 Å². The van der Waals surface area contributed by atoms with Gasteiger partial charge in [0, 0.05) is 23.7 Å². The van der Waals surface area contributed by atoms with E-state index >= 15 is 0 Å². The van der Waals surface area contributed by atoms with E-state index in [0.29, 0.717) is 12.5 Å². The Morgan fingerprint density at radius 1 is 1.40 bits per heavy atom. The maximum atomic E-state index is 12.4. The third-order valence-corrected chi connectivity index (χ3v) is 5.39. The summed E-state index contributed by atoms with van der Waals surface area (Å²) >= 11 is 1.77. The van der Waals surface area contributed by atoms with Gasteiger partial charge in [0.05, 0.1) is 0 Å². The number of nitrogens with zero attached hydrogens (tertiary/aromatic N) is 2. The van der Waals surface area contributed by atoms with Crippen LogP contribution in [-0.2, 0) is 17.8 Å². The van der Waals surface area contributed by atoms with Crippen LogP contribution in [-0.4, -0.2) is 29.9 Å². The topological polar surface area (TPSA) is 70.7 Å². The molecule has 1 aromatic heterocycles. The number of carbonyl (C=O) groups is 1. The molecule has 1 aliphatic heterocycles. The van der Waals surface area contributed by atoms with Crippen LogP contribution in [0.15, 0.2) is 40.7 Å². The maximum absolute atomic E-state index is 12.4. The van der Waals surface area contributed by atoms with Gasteiger partial charge in [-0.15, -0.1) is 11.3 Å². The Morgan fingerprint density at radius 3 is 3.04 bits per heavy atom. The molecule has 5 nitrogen and oxygen atoms in total. The predicted octanol–water partition coefficient (Wildman–Crippen LogP) is 3.18. The fraction of sp³-hybridized carbons (Fsp3) is 0.368. The summed E-state index contributed by atoms with van der Waals surface area (Å²) in [5.74, 6) is 0.725. The summed E-state index contributed by atoms with van der Waals surface area (Å²) in [6.07, 6.45) is 0.929. The van der Waals surface area contributed by atoms with Crippen LogP contribution in [0, 0.1) is 0 Å². The molecule has 0 unspecified atom stereocenters. The van der Waals surface area contributed by atoms with Crippen molar-refractivity contribution in [2.24, 2.45) is 10.7 Å². The molecular weight excluding hydrogens is 332 g/mol. The van der Waals surface area contributed by atoms with Gasteiger partial charge in [-0.2, -0.15) is 0 Å². The highest BCUT2D eigenvalue weighted by Crippen LogP contribution is 2.24. The Bertz CT molecular complexity index is 781. The summed E-state index contributed by atoms with van der Waals surface area (Å²) in [6.45, 7) is 5.80. The molecule has 0 fully saturated rings. The minimum atomic E-state index is 0.0116. The van der Waals surface area contributed by atoms with Crippen molar-refractivity contribution in [3.63, 3.8) is 0 Å². The highest BCUT2D eigenvalue weighted by atomic mass is 32.1. The molecular formula is C19H24N4OS. The number of hydrogen-bond donors (Lipinski definition) is 2. The van der Waals surface area contributed by atoms with Crippen molar-refractivity contribution in [1.82, 2.24) is 4.90 Å². The van der Waals surface area contributed by atoms with Crippen LogP contribution in [0.3, 0.4) is 0 Å². The summed E-state index contributed by atoms with van der Waals surface area (Å²) in [4.78, 5) is 19.8. The summed E-state index contributed by atoms with van der Waals surface area (Å²) in [5.41, 5.74) is 9.31.